The minimum absolute atomic E-state index is 0.280. The molecule has 0 atom stereocenters. The molecule has 3 heteroatoms. The number of rotatable bonds is 1. The maximum atomic E-state index is 12.9. The lowest BCUT2D eigenvalue weighted by molar-refractivity contribution is 0.473. The third-order valence-corrected chi connectivity index (χ3v) is 7.02. The van der Waals surface area contributed by atoms with Crippen molar-refractivity contribution in [2.75, 3.05) is 11.5 Å². The summed E-state index contributed by atoms with van der Waals surface area (Å²) in [6, 6.07) is 3.47. The summed E-state index contributed by atoms with van der Waals surface area (Å²) in [7, 11) is -2.17. The van der Waals surface area contributed by atoms with Gasteiger partial charge in [-0.05, 0) is 49.9 Å². The van der Waals surface area contributed by atoms with E-state index in [1.807, 2.05) is 13.8 Å². The molecule has 1 aromatic rings. The Morgan fingerprint density at radius 3 is 2.06 bits per heavy atom. The molecule has 90 valence electrons. The van der Waals surface area contributed by atoms with Crippen LogP contribution in [0.2, 0.25) is 0 Å². The van der Waals surface area contributed by atoms with Gasteiger partial charge in [0.2, 0.25) is 0 Å². The molecule has 0 radical (unpaired) electrons. The predicted molar refractivity (Wildman–Crippen MR) is 69.0 cm³/mol. The zero-order valence-electron chi connectivity index (χ0n) is 9.99. The van der Waals surface area contributed by atoms with E-state index in [0.29, 0.717) is 0 Å². The summed E-state index contributed by atoms with van der Waals surface area (Å²) in [5.41, 5.74) is 1.98. The molecule has 0 saturated carbocycles. The zero-order chi connectivity index (χ0) is 11.8. The average Bonchev–Trinajstić information content (AvgIpc) is 2.16. The minimum atomic E-state index is -2.17. The van der Waals surface area contributed by atoms with E-state index in [9.17, 15) is 9.32 Å². The van der Waals surface area contributed by atoms with Crippen LogP contribution >= 0.6 is 0 Å². The quantitative estimate of drug-likeness (QED) is 0.740. The van der Waals surface area contributed by atoms with Gasteiger partial charge in [-0.2, -0.15) is 0 Å². The van der Waals surface area contributed by atoms with Crippen LogP contribution in [0.3, 0.4) is 0 Å². The summed E-state index contributed by atoms with van der Waals surface area (Å²) in [5, 5.41) is 9.51. The highest BCUT2D eigenvalue weighted by Crippen LogP contribution is 2.33. The molecule has 2 nitrogen and oxygen atoms in total. The monoisotopic (exact) mass is 240 g/mol. The molecule has 0 spiro atoms. The summed E-state index contributed by atoms with van der Waals surface area (Å²) in [6.07, 6.45) is 3.37. The van der Waals surface area contributed by atoms with Gasteiger partial charge in [-0.1, -0.05) is 16.4 Å². The van der Waals surface area contributed by atoms with Gasteiger partial charge in [-0.15, -0.1) is 0 Å². The van der Waals surface area contributed by atoms with Crippen molar-refractivity contribution < 1.29 is 9.32 Å². The molecule has 2 rings (SSSR count). The van der Waals surface area contributed by atoms with E-state index in [4.69, 9.17) is 0 Å². The SMILES string of the molecule is Cc1cc(O)cc(C)c1[SH]1(=O)CCCCC1. The minimum Gasteiger partial charge on any atom is -0.508 e. The fourth-order valence-electron chi connectivity index (χ4n) is 2.82. The van der Waals surface area contributed by atoms with Crippen molar-refractivity contribution in [3.63, 3.8) is 0 Å². The van der Waals surface area contributed by atoms with Crippen LogP contribution in [-0.4, -0.2) is 20.8 Å². The van der Waals surface area contributed by atoms with Gasteiger partial charge in [0.1, 0.15) is 5.75 Å². The van der Waals surface area contributed by atoms with E-state index in [1.54, 1.807) is 12.1 Å². The van der Waals surface area contributed by atoms with E-state index >= 15 is 0 Å². The summed E-state index contributed by atoms with van der Waals surface area (Å²) in [4.78, 5) is 1.03. The molecule has 1 fully saturated rings. The molecule has 1 aromatic carbocycles. The first kappa shape index (κ1) is 11.6. The van der Waals surface area contributed by atoms with Crippen LogP contribution in [0.5, 0.6) is 5.75 Å². The molecule has 0 aromatic heterocycles. The summed E-state index contributed by atoms with van der Waals surface area (Å²) < 4.78 is 12.9. The van der Waals surface area contributed by atoms with Gasteiger partial charge < -0.3 is 5.11 Å². The number of aromatic hydroxyl groups is 1. The topological polar surface area (TPSA) is 37.3 Å². The van der Waals surface area contributed by atoms with Crippen LogP contribution in [0.15, 0.2) is 17.0 Å². The number of phenols is 1. The van der Waals surface area contributed by atoms with Crippen molar-refractivity contribution in [2.45, 2.75) is 38.0 Å². The lowest BCUT2D eigenvalue weighted by atomic mass is 10.1. The van der Waals surface area contributed by atoms with Crippen molar-refractivity contribution in [3.8, 4) is 5.75 Å². The summed E-state index contributed by atoms with van der Waals surface area (Å²) >= 11 is 0. The normalized spacial score (nSPS) is 21.6. The largest absolute Gasteiger partial charge is 0.508 e. The zero-order valence-corrected chi connectivity index (χ0v) is 10.9. The van der Waals surface area contributed by atoms with Crippen LogP contribution in [-0.2, 0) is 9.93 Å². The summed E-state index contributed by atoms with van der Waals surface area (Å²) in [5.74, 6) is 1.97. The fraction of sp³-hybridized carbons (Fsp3) is 0.538. The average molecular weight is 240 g/mol. The Labute approximate surface area is 98.1 Å². The highest BCUT2D eigenvalue weighted by atomic mass is 32.2. The smallest absolute Gasteiger partial charge is 0.116 e. The van der Waals surface area contributed by atoms with E-state index in [0.717, 1.165) is 40.4 Å². The molecule has 0 unspecified atom stereocenters. The first-order valence-corrected chi connectivity index (χ1v) is 7.99. The number of thiol groups is 1. The second kappa shape index (κ2) is 4.21. The number of benzene rings is 1. The Morgan fingerprint density at radius 1 is 1.06 bits per heavy atom. The lowest BCUT2D eigenvalue weighted by Gasteiger charge is -2.31. The standard InChI is InChI=1S/C13H20O2S/c1-10-8-12(14)9-11(2)13(10)16(15)6-4-3-5-7-16/h8-9,14,16H,3-7H2,1-2H3. The molecule has 1 heterocycles. The Hall–Kier alpha value is -0.830. The molecular formula is C13H20O2S. The van der Waals surface area contributed by atoms with E-state index in [2.05, 4.69) is 0 Å². The Morgan fingerprint density at radius 2 is 1.56 bits per heavy atom. The van der Waals surface area contributed by atoms with Crippen LogP contribution in [0.25, 0.3) is 0 Å². The third-order valence-electron chi connectivity index (χ3n) is 3.42. The maximum absolute atomic E-state index is 12.9. The number of phenolic OH excluding ortho intramolecular Hbond substituents is 1. The lowest BCUT2D eigenvalue weighted by Crippen LogP contribution is -2.27. The maximum Gasteiger partial charge on any atom is 0.116 e. The van der Waals surface area contributed by atoms with Crippen molar-refractivity contribution >= 4 is 9.93 Å². The summed E-state index contributed by atoms with van der Waals surface area (Å²) in [6.45, 7) is 3.91. The van der Waals surface area contributed by atoms with Gasteiger partial charge in [0.15, 0.2) is 0 Å². The van der Waals surface area contributed by atoms with Crippen LogP contribution < -0.4 is 0 Å². The first-order chi connectivity index (χ1) is 7.53. The van der Waals surface area contributed by atoms with Gasteiger partial charge in [0.25, 0.3) is 0 Å². The predicted octanol–water partition coefficient (Wildman–Crippen LogP) is 2.57. The van der Waals surface area contributed by atoms with E-state index < -0.39 is 9.93 Å². The first-order valence-electron chi connectivity index (χ1n) is 5.92. The fourth-order valence-corrected chi connectivity index (χ4v) is 6.38. The van der Waals surface area contributed by atoms with E-state index in [1.165, 1.54) is 6.42 Å². The number of aryl methyl sites for hydroxylation is 2. The van der Waals surface area contributed by atoms with Crippen LogP contribution in [0.1, 0.15) is 30.4 Å². The van der Waals surface area contributed by atoms with Crippen LogP contribution in [0, 0.1) is 13.8 Å². The van der Waals surface area contributed by atoms with Gasteiger partial charge in [0, 0.05) is 16.4 Å². The highest BCUT2D eigenvalue weighted by Gasteiger charge is 2.24. The van der Waals surface area contributed by atoms with Gasteiger partial charge in [0.05, 0.1) is 0 Å². The van der Waals surface area contributed by atoms with Gasteiger partial charge in [-0.25, -0.2) is 0 Å². The van der Waals surface area contributed by atoms with E-state index in [-0.39, 0.29) is 5.75 Å². The molecule has 1 aliphatic rings. The van der Waals surface area contributed by atoms with Gasteiger partial charge in [-0.3, -0.25) is 4.21 Å². The Kier molecular flexibility index (Phi) is 3.06. The molecule has 1 N–H and O–H groups in total. The van der Waals surface area contributed by atoms with Crippen molar-refractivity contribution in [1.82, 2.24) is 0 Å². The third kappa shape index (κ3) is 2.01. The molecule has 1 aliphatic heterocycles. The van der Waals surface area contributed by atoms with Crippen LogP contribution in [0.4, 0.5) is 0 Å². The molecule has 0 aliphatic carbocycles. The van der Waals surface area contributed by atoms with Gasteiger partial charge >= 0.3 is 0 Å². The molecule has 16 heavy (non-hydrogen) atoms. The second-order valence-electron chi connectivity index (χ2n) is 4.83. The number of hydrogen-bond acceptors (Lipinski definition) is 2. The van der Waals surface area contributed by atoms with Crippen molar-refractivity contribution in [2.24, 2.45) is 0 Å². The second-order valence-corrected chi connectivity index (χ2v) is 7.95. The molecule has 1 saturated heterocycles. The molecular weight excluding hydrogens is 220 g/mol. The van der Waals surface area contributed by atoms with Crippen molar-refractivity contribution in [3.05, 3.63) is 23.3 Å². The Bertz CT molecular complexity index is 418. The number of hydrogen-bond donors (Lipinski definition) is 2. The molecule has 0 bridgehead atoms. The Balaban J connectivity index is 2.50. The molecule has 0 amide bonds. The van der Waals surface area contributed by atoms with Crippen molar-refractivity contribution in [1.29, 1.82) is 0 Å². The highest BCUT2D eigenvalue weighted by molar-refractivity contribution is 8.03.